The number of Topliss-reactive ketones (excluding diaryl/α,β-unsaturated/α-hetero) is 1. The van der Waals surface area contributed by atoms with Gasteiger partial charge in [0.1, 0.15) is 0 Å². The molecule has 0 unspecified atom stereocenters. The number of nitrogens with zero attached hydrogens (tertiary/aromatic N) is 2. The lowest BCUT2D eigenvalue weighted by Gasteiger charge is -2.24. The highest BCUT2D eigenvalue weighted by atomic mass is 32.1. The maximum absolute atomic E-state index is 11.8. The minimum absolute atomic E-state index is 0.0223. The van der Waals surface area contributed by atoms with Gasteiger partial charge >= 0.3 is 0 Å². The van der Waals surface area contributed by atoms with Gasteiger partial charge in [-0.15, -0.1) is 11.3 Å². The van der Waals surface area contributed by atoms with Crippen LogP contribution in [0.3, 0.4) is 0 Å². The van der Waals surface area contributed by atoms with E-state index in [9.17, 15) is 4.79 Å². The van der Waals surface area contributed by atoms with E-state index in [1.807, 2.05) is 11.4 Å². The molecule has 0 amide bonds. The third kappa shape index (κ3) is 3.06. The van der Waals surface area contributed by atoms with Crippen LogP contribution >= 0.6 is 11.3 Å². The molecule has 0 bridgehead atoms. The van der Waals surface area contributed by atoms with E-state index in [1.54, 1.807) is 36.5 Å². The van der Waals surface area contributed by atoms with Crippen molar-refractivity contribution < 1.29 is 4.79 Å². The number of anilines is 1. The molecule has 0 aliphatic heterocycles. The lowest BCUT2D eigenvalue weighted by atomic mass is 10.1. The van der Waals surface area contributed by atoms with Crippen LogP contribution < -0.4 is 4.90 Å². The number of carbonyl (C=O) groups excluding carboxylic acids is 1. The average Bonchev–Trinajstić information content (AvgIpc) is 2.97. The summed E-state index contributed by atoms with van der Waals surface area (Å²) < 4.78 is 0. The second kappa shape index (κ2) is 6.36. The van der Waals surface area contributed by atoms with E-state index in [4.69, 9.17) is 5.26 Å². The third-order valence-corrected chi connectivity index (χ3v) is 4.02. The first-order chi connectivity index (χ1) is 9.65. The van der Waals surface area contributed by atoms with E-state index < -0.39 is 0 Å². The standard InChI is InChI=1S/C16H16N2OS/c1-3-18(11-14-5-4-8-20-14)16-9-13(10-17)6-7-15(16)12(2)19/h4-9H,3,11H2,1-2H3. The molecule has 0 atom stereocenters. The van der Waals surface area contributed by atoms with Gasteiger partial charge in [-0.2, -0.15) is 5.26 Å². The Labute approximate surface area is 123 Å². The van der Waals surface area contributed by atoms with Gasteiger partial charge in [0.2, 0.25) is 0 Å². The molecule has 1 aromatic heterocycles. The van der Waals surface area contributed by atoms with Crippen LogP contribution in [0.2, 0.25) is 0 Å². The van der Waals surface area contributed by atoms with Gasteiger partial charge < -0.3 is 4.90 Å². The summed E-state index contributed by atoms with van der Waals surface area (Å²) in [6, 6.07) is 11.5. The van der Waals surface area contributed by atoms with Gasteiger partial charge in [0.25, 0.3) is 0 Å². The Morgan fingerprint density at radius 2 is 2.20 bits per heavy atom. The molecule has 3 nitrogen and oxygen atoms in total. The quantitative estimate of drug-likeness (QED) is 0.783. The minimum Gasteiger partial charge on any atom is -0.366 e. The average molecular weight is 284 g/mol. The molecule has 0 fully saturated rings. The highest BCUT2D eigenvalue weighted by molar-refractivity contribution is 7.09. The van der Waals surface area contributed by atoms with Crippen LogP contribution in [0.25, 0.3) is 0 Å². The van der Waals surface area contributed by atoms with E-state index in [0.29, 0.717) is 11.1 Å². The topological polar surface area (TPSA) is 44.1 Å². The molecule has 2 aromatic rings. The van der Waals surface area contributed by atoms with Crippen molar-refractivity contribution in [1.29, 1.82) is 5.26 Å². The fourth-order valence-electron chi connectivity index (χ4n) is 2.12. The highest BCUT2D eigenvalue weighted by Gasteiger charge is 2.14. The summed E-state index contributed by atoms with van der Waals surface area (Å²) in [5.41, 5.74) is 2.09. The number of hydrogen-bond acceptors (Lipinski definition) is 4. The predicted octanol–water partition coefficient (Wildman–Crippen LogP) is 3.85. The first-order valence-corrected chi connectivity index (χ1v) is 7.36. The van der Waals surface area contributed by atoms with Gasteiger partial charge in [-0.25, -0.2) is 0 Å². The van der Waals surface area contributed by atoms with Gasteiger partial charge in [-0.1, -0.05) is 6.07 Å². The molecule has 20 heavy (non-hydrogen) atoms. The zero-order valence-corrected chi connectivity index (χ0v) is 12.4. The SMILES string of the molecule is CCN(Cc1cccs1)c1cc(C#N)ccc1C(C)=O. The van der Waals surface area contributed by atoms with Gasteiger partial charge in [0, 0.05) is 22.7 Å². The fraction of sp³-hybridized carbons (Fsp3) is 0.250. The molecule has 0 radical (unpaired) electrons. The Morgan fingerprint density at radius 3 is 2.75 bits per heavy atom. The molecular weight excluding hydrogens is 268 g/mol. The molecule has 0 N–H and O–H groups in total. The monoisotopic (exact) mass is 284 g/mol. The first-order valence-electron chi connectivity index (χ1n) is 6.48. The summed E-state index contributed by atoms with van der Waals surface area (Å²) >= 11 is 1.69. The van der Waals surface area contributed by atoms with Crippen LogP contribution in [-0.4, -0.2) is 12.3 Å². The molecule has 0 spiro atoms. The number of nitriles is 1. The number of hydrogen-bond donors (Lipinski definition) is 0. The van der Waals surface area contributed by atoms with Crippen molar-refractivity contribution in [2.75, 3.05) is 11.4 Å². The Hall–Kier alpha value is -2.12. The van der Waals surface area contributed by atoms with Crippen LogP contribution in [0.4, 0.5) is 5.69 Å². The van der Waals surface area contributed by atoms with E-state index in [-0.39, 0.29) is 5.78 Å². The highest BCUT2D eigenvalue weighted by Crippen LogP contribution is 2.25. The number of rotatable bonds is 5. The van der Waals surface area contributed by atoms with Gasteiger partial charge in [0.15, 0.2) is 5.78 Å². The largest absolute Gasteiger partial charge is 0.366 e. The summed E-state index contributed by atoms with van der Waals surface area (Å²) in [4.78, 5) is 15.1. The second-order valence-corrected chi connectivity index (χ2v) is 5.53. The summed E-state index contributed by atoms with van der Waals surface area (Å²) in [7, 11) is 0. The maximum atomic E-state index is 11.8. The summed E-state index contributed by atoms with van der Waals surface area (Å²) in [6.07, 6.45) is 0. The number of thiophene rings is 1. The van der Waals surface area contributed by atoms with Crippen LogP contribution in [0.1, 0.15) is 34.6 Å². The normalized spacial score (nSPS) is 10.1. The van der Waals surface area contributed by atoms with Crippen molar-refractivity contribution >= 4 is 22.8 Å². The zero-order valence-electron chi connectivity index (χ0n) is 11.6. The predicted molar refractivity (Wildman–Crippen MR) is 82.2 cm³/mol. The van der Waals surface area contributed by atoms with Crippen LogP contribution in [0.5, 0.6) is 0 Å². The number of ketones is 1. The molecule has 102 valence electrons. The molecule has 0 saturated carbocycles. The molecule has 1 aromatic carbocycles. The van der Waals surface area contributed by atoms with Crippen molar-refractivity contribution in [3.63, 3.8) is 0 Å². The Bertz CT molecular complexity index is 641. The molecule has 0 aliphatic rings. The van der Waals surface area contributed by atoms with Gasteiger partial charge in [-0.3, -0.25) is 4.79 Å². The van der Waals surface area contributed by atoms with Crippen LogP contribution in [0.15, 0.2) is 35.7 Å². The Morgan fingerprint density at radius 1 is 1.40 bits per heavy atom. The van der Waals surface area contributed by atoms with Crippen molar-refractivity contribution in [1.82, 2.24) is 0 Å². The van der Waals surface area contributed by atoms with Crippen molar-refractivity contribution in [3.05, 3.63) is 51.7 Å². The second-order valence-electron chi connectivity index (χ2n) is 4.49. The molecule has 4 heteroatoms. The smallest absolute Gasteiger partial charge is 0.161 e. The van der Waals surface area contributed by atoms with E-state index in [0.717, 1.165) is 18.8 Å². The van der Waals surface area contributed by atoms with Gasteiger partial charge in [0.05, 0.1) is 18.2 Å². The van der Waals surface area contributed by atoms with E-state index in [2.05, 4.69) is 24.0 Å². The lowest BCUT2D eigenvalue weighted by molar-refractivity contribution is 0.101. The molecule has 0 aliphatic carbocycles. The minimum atomic E-state index is 0.0223. The summed E-state index contributed by atoms with van der Waals surface area (Å²) in [5.74, 6) is 0.0223. The summed E-state index contributed by atoms with van der Waals surface area (Å²) in [6.45, 7) is 5.15. The fourth-order valence-corrected chi connectivity index (χ4v) is 2.84. The van der Waals surface area contributed by atoms with Crippen molar-refractivity contribution in [2.24, 2.45) is 0 Å². The molecule has 1 heterocycles. The van der Waals surface area contributed by atoms with Crippen molar-refractivity contribution in [2.45, 2.75) is 20.4 Å². The zero-order chi connectivity index (χ0) is 14.5. The van der Waals surface area contributed by atoms with E-state index >= 15 is 0 Å². The van der Waals surface area contributed by atoms with Crippen molar-refractivity contribution in [3.8, 4) is 6.07 Å². The number of benzene rings is 1. The summed E-state index contributed by atoms with van der Waals surface area (Å²) in [5, 5.41) is 11.1. The van der Waals surface area contributed by atoms with Crippen LogP contribution in [0, 0.1) is 11.3 Å². The third-order valence-electron chi connectivity index (χ3n) is 3.16. The Kier molecular flexibility index (Phi) is 4.54. The first kappa shape index (κ1) is 14.3. The Balaban J connectivity index is 2.41. The molecular formula is C16H16N2OS. The number of carbonyl (C=O) groups is 1. The van der Waals surface area contributed by atoms with E-state index in [1.165, 1.54) is 4.88 Å². The lowest BCUT2D eigenvalue weighted by Crippen LogP contribution is -2.23. The van der Waals surface area contributed by atoms with Crippen LogP contribution in [-0.2, 0) is 6.54 Å². The molecule has 2 rings (SSSR count). The van der Waals surface area contributed by atoms with Gasteiger partial charge in [-0.05, 0) is 43.5 Å². The maximum Gasteiger partial charge on any atom is 0.161 e. The molecule has 0 saturated heterocycles.